The molecule has 5 nitrogen and oxygen atoms in total. The van der Waals surface area contributed by atoms with Gasteiger partial charge >= 0.3 is 0 Å². The molecule has 0 spiro atoms. The Hall–Kier alpha value is -2.01. The Morgan fingerprint density at radius 2 is 2.18 bits per heavy atom. The van der Waals surface area contributed by atoms with Gasteiger partial charge in [-0.3, -0.25) is 4.79 Å². The topological polar surface area (TPSA) is 63.5 Å². The summed E-state index contributed by atoms with van der Waals surface area (Å²) in [6, 6.07) is 5.52. The van der Waals surface area contributed by atoms with E-state index in [1.165, 1.54) is 0 Å². The molecule has 0 radical (unpaired) electrons. The molecule has 120 valence electrons. The monoisotopic (exact) mass is 304 g/mol. The number of hydrogen-bond donors (Lipinski definition) is 2. The highest BCUT2D eigenvalue weighted by Crippen LogP contribution is 2.29. The first kappa shape index (κ1) is 16.4. The summed E-state index contributed by atoms with van der Waals surface area (Å²) in [6.45, 7) is 6.63. The molecule has 0 aliphatic rings. The largest absolute Gasteiger partial charge is 0.497 e. The molecule has 0 bridgehead atoms. The molecule has 0 saturated heterocycles. The van der Waals surface area contributed by atoms with E-state index >= 15 is 0 Å². The lowest BCUT2D eigenvalue weighted by Gasteiger charge is -2.11. The van der Waals surface area contributed by atoms with Crippen molar-refractivity contribution in [2.24, 2.45) is 0 Å². The third kappa shape index (κ3) is 2.95. The first-order chi connectivity index (χ1) is 10.5. The molecule has 2 rings (SSSR count). The van der Waals surface area contributed by atoms with Gasteiger partial charge in [-0.15, -0.1) is 0 Å². The molecule has 1 aromatic carbocycles. The molecule has 1 unspecified atom stereocenters. The maximum atomic E-state index is 12.6. The van der Waals surface area contributed by atoms with Crippen LogP contribution in [0.2, 0.25) is 0 Å². The van der Waals surface area contributed by atoms with Gasteiger partial charge in [0.05, 0.1) is 19.3 Å². The van der Waals surface area contributed by atoms with Crippen molar-refractivity contribution in [3.05, 3.63) is 29.5 Å². The van der Waals surface area contributed by atoms with E-state index in [9.17, 15) is 4.79 Å². The number of aliphatic hydroxyl groups is 1. The van der Waals surface area contributed by atoms with E-state index in [4.69, 9.17) is 9.84 Å². The summed E-state index contributed by atoms with van der Waals surface area (Å²) in [4.78, 5) is 12.6. The fourth-order valence-electron chi connectivity index (χ4n) is 2.73. The Morgan fingerprint density at radius 3 is 2.77 bits per heavy atom. The predicted molar refractivity (Wildman–Crippen MR) is 87.5 cm³/mol. The van der Waals surface area contributed by atoms with Gasteiger partial charge in [-0.1, -0.05) is 6.92 Å². The van der Waals surface area contributed by atoms with E-state index in [-0.39, 0.29) is 18.6 Å². The Labute approximate surface area is 130 Å². The van der Waals surface area contributed by atoms with Crippen molar-refractivity contribution in [1.29, 1.82) is 0 Å². The maximum absolute atomic E-state index is 12.6. The summed E-state index contributed by atoms with van der Waals surface area (Å²) >= 11 is 0. The van der Waals surface area contributed by atoms with Crippen LogP contribution in [0.4, 0.5) is 0 Å². The summed E-state index contributed by atoms with van der Waals surface area (Å²) < 4.78 is 7.45. The number of aliphatic hydroxyl groups excluding tert-OH is 1. The lowest BCUT2D eigenvalue weighted by atomic mass is 10.1. The third-order valence-corrected chi connectivity index (χ3v) is 3.86. The van der Waals surface area contributed by atoms with Gasteiger partial charge in [0.15, 0.2) is 0 Å². The van der Waals surface area contributed by atoms with E-state index in [1.54, 1.807) is 14.0 Å². The summed E-state index contributed by atoms with van der Waals surface area (Å²) in [6.07, 6.45) is 0.991. The summed E-state index contributed by atoms with van der Waals surface area (Å²) in [7, 11) is 1.62. The average Bonchev–Trinajstić information content (AvgIpc) is 2.79. The lowest BCUT2D eigenvalue weighted by molar-refractivity contribution is 0.0923. The van der Waals surface area contributed by atoms with Gasteiger partial charge in [0.25, 0.3) is 5.91 Å². The van der Waals surface area contributed by atoms with Crippen LogP contribution in [0.5, 0.6) is 5.75 Å². The van der Waals surface area contributed by atoms with Crippen LogP contribution in [0.25, 0.3) is 10.9 Å². The standard InChI is InChI=1S/C17H24N2O3/c1-5-8-19-12(3)16(17(21)18-11(2)10-20)14-9-13(22-4)6-7-15(14)19/h6-7,9,11,20H,5,8,10H2,1-4H3,(H,18,21). The minimum Gasteiger partial charge on any atom is -0.497 e. The van der Waals surface area contributed by atoms with E-state index in [0.29, 0.717) is 5.56 Å². The molecule has 0 aliphatic heterocycles. The summed E-state index contributed by atoms with van der Waals surface area (Å²) in [5.41, 5.74) is 2.62. The number of aromatic nitrogens is 1. The van der Waals surface area contributed by atoms with Crippen LogP contribution in [0.15, 0.2) is 18.2 Å². The van der Waals surface area contributed by atoms with Gasteiger partial charge < -0.3 is 19.7 Å². The first-order valence-electron chi connectivity index (χ1n) is 7.62. The molecule has 5 heteroatoms. The fourth-order valence-corrected chi connectivity index (χ4v) is 2.73. The molecular formula is C17H24N2O3. The van der Waals surface area contributed by atoms with Crippen LogP contribution < -0.4 is 10.1 Å². The van der Waals surface area contributed by atoms with Crippen molar-refractivity contribution in [3.63, 3.8) is 0 Å². The number of methoxy groups -OCH3 is 1. The van der Waals surface area contributed by atoms with Crippen LogP contribution in [-0.4, -0.2) is 35.3 Å². The van der Waals surface area contributed by atoms with Crippen molar-refractivity contribution in [3.8, 4) is 5.75 Å². The number of aryl methyl sites for hydroxylation is 1. The van der Waals surface area contributed by atoms with Crippen molar-refractivity contribution in [1.82, 2.24) is 9.88 Å². The van der Waals surface area contributed by atoms with Crippen LogP contribution in [0, 0.1) is 6.92 Å². The second kappa shape index (κ2) is 6.83. The Bertz CT molecular complexity index is 676. The number of benzene rings is 1. The minimum absolute atomic E-state index is 0.0816. The quantitative estimate of drug-likeness (QED) is 0.862. The molecular weight excluding hydrogens is 280 g/mol. The Balaban J connectivity index is 2.59. The van der Waals surface area contributed by atoms with Gasteiger partial charge in [0.1, 0.15) is 5.75 Å². The Kier molecular flexibility index (Phi) is 5.08. The second-order valence-electron chi connectivity index (χ2n) is 5.55. The molecule has 0 saturated carbocycles. The van der Waals surface area contributed by atoms with Crippen LogP contribution in [0.1, 0.15) is 36.3 Å². The number of ether oxygens (including phenoxy) is 1. The van der Waals surface area contributed by atoms with E-state index in [2.05, 4.69) is 16.8 Å². The van der Waals surface area contributed by atoms with Crippen molar-refractivity contribution in [2.45, 2.75) is 39.8 Å². The molecule has 2 aromatic rings. The van der Waals surface area contributed by atoms with Crippen molar-refractivity contribution in [2.75, 3.05) is 13.7 Å². The number of rotatable bonds is 6. The SMILES string of the molecule is CCCn1c(C)c(C(=O)NC(C)CO)c2cc(OC)ccc21. The normalized spacial score (nSPS) is 12.4. The fraction of sp³-hybridized carbons (Fsp3) is 0.471. The zero-order valence-electron chi connectivity index (χ0n) is 13.6. The predicted octanol–water partition coefficient (Wildman–Crippen LogP) is 2.48. The van der Waals surface area contributed by atoms with Crippen molar-refractivity contribution < 1.29 is 14.6 Å². The number of fused-ring (bicyclic) bond motifs is 1. The first-order valence-corrected chi connectivity index (χ1v) is 7.62. The van der Waals surface area contributed by atoms with Crippen LogP contribution >= 0.6 is 0 Å². The average molecular weight is 304 g/mol. The van der Waals surface area contributed by atoms with Gasteiger partial charge in [-0.25, -0.2) is 0 Å². The summed E-state index contributed by atoms with van der Waals surface area (Å²) in [5, 5.41) is 12.9. The van der Waals surface area contributed by atoms with Gasteiger partial charge in [0, 0.05) is 29.2 Å². The molecule has 1 amide bonds. The zero-order valence-corrected chi connectivity index (χ0v) is 13.6. The zero-order chi connectivity index (χ0) is 16.3. The van der Waals surface area contributed by atoms with E-state index < -0.39 is 0 Å². The number of carbonyl (C=O) groups excluding carboxylic acids is 1. The molecule has 22 heavy (non-hydrogen) atoms. The number of nitrogens with one attached hydrogen (secondary N) is 1. The molecule has 1 heterocycles. The highest BCUT2D eigenvalue weighted by atomic mass is 16.5. The highest BCUT2D eigenvalue weighted by Gasteiger charge is 2.21. The number of carbonyl (C=O) groups is 1. The van der Waals surface area contributed by atoms with Crippen molar-refractivity contribution >= 4 is 16.8 Å². The maximum Gasteiger partial charge on any atom is 0.254 e. The Morgan fingerprint density at radius 1 is 1.45 bits per heavy atom. The van der Waals surface area contributed by atoms with Crippen LogP contribution in [0.3, 0.4) is 0 Å². The molecule has 0 fully saturated rings. The third-order valence-electron chi connectivity index (χ3n) is 3.86. The van der Waals surface area contributed by atoms with E-state index in [0.717, 1.165) is 35.3 Å². The number of hydrogen-bond acceptors (Lipinski definition) is 3. The van der Waals surface area contributed by atoms with Crippen LogP contribution in [-0.2, 0) is 6.54 Å². The van der Waals surface area contributed by atoms with E-state index in [1.807, 2.05) is 25.1 Å². The highest BCUT2D eigenvalue weighted by molar-refractivity contribution is 6.08. The number of nitrogens with zero attached hydrogens (tertiary/aromatic N) is 1. The molecule has 1 atom stereocenters. The van der Waals surface area contributed by atoms with Gasteiger partial charge in [-0.2, -0.15) is 0 Å². The lowest BCUT2D eigenvalue weighted by Crippen LogP contribution is -2.35. The van der Waals surface area contributed by atoms with Gasteiger partial charge in [0.2, 0.25) is 0 Å². The molecule has 1 aromatic heterocycles. The second-order valence-corrected chi connectivity index (χ2v) is 5.55. The molecule has 2 N–H and O–H groups in total. The smallest absolute Gasteiger partial charge is 0.254 e. The number of amides is 1. The summed E-state index contributed by atoms with van der Waals surface area (Å²) in [5.74, 6) is 0.567. The minimum atomic E-state index is -0.276. The van der Waals surface area contributed by atoms with Gasteiger partial charge in [-0.05, 0) is 38.5 Å². The molecule has 0 aliphatic carbocycles.